The number of hydrogen-bond acceptors (Lipinski definition) is 4. The minimum atomic E-state index is -0.477. The normalized spacial score (nSPS) is 10.6. The molecule has 5 nitrogen and oxygen atoms in total. The maximum absolute atomic E-state index is 12.4. The predicted octanol–water partition coefficient (Wildman–Crippen LogP) is 4.71. The number of benzene rings is 2. The van der Waals surface area contributed by atoms with Gasteiger partial charge in [-0.2, -0.15) is 0 Å². The number of hydrazine groups is 1. The van der Waals surface area contributed by atoms with Gasteiger partial charge < -0.3 is 4.74 Å². The number of aryl methyl sites for hydroxylation is 1. The van der Waals surface area contributed by atoms with E-state index in [9.17, 15) is 9.59 Å². The smallest absolute Gasteiger partial charge is 0.281 e. The zero-order valence-electron chi connectivity index (χ0n) is 13.9. The van der Waals surface area contributed by atoms with Gasteiger partial charge in [-0.25, -0.2) is 0 Å². The van der Waals surface area contributed by atoms with Gasteiger partial charge in [-0.1, -0.05) is 33.6 Å². The van der Waals surface area contributed by atoms with E-state index in [0.717, 1.165) is 20.1 Å². The minimum absolute atomic E-state index is 0.320. The van der Waals surface area contributed by atoms with Gasteiger partial charge >= 0.3 is 0 Å². The van der Waals surface area contributed by atoms with Crippen LogP contribution in [-0.2, 0) is 0 Å². The molecule has 26 heavy (non-hydrogen) atoms. The molecule has 0 aliphatic rings. The van der Waals surface area contributed by atoms with Crippen molar-refractivity contribution in [2.45, 2.75) is 6.92 Å². The molecule has 0 radical (unpaired) electrons. The van der Waals surface area contributed by atoms with E-state index in [0.29, 0.717) is 21.2 Å². The first-order chi connectivity index (χ1) is 12.4. The Labute approximate surface area is 167 Å². The van der Waals surface area contributed by atoms with Crippen LogP contribution in [0.5, 0.6) is 5.75 Å². The number of amides is 2. The van der Waals surface area contributed by atoms with Crippen LogP contribution in [0.25, 0.3) is 10.1 Å². The molecule has 0 bridgehead atoms. The predicted molar refractivity (Wildman–Crippen MR) is 107 cm³/mol. The fourth-order valence-electron chi connectivity index (χ4n) is 2.30. The molecule has 8 heteroatoms. The highest BCUT2D eigenvalue weighted by Gasteiger charge is 2.18. The number of methoxy groups -OCH3 is 1. The molecule has 0 saturated carbocycles. The van der Waals surface area contributed by atoms with Crippen LogP contribution in [-0.4, -0.2) is 18.9 Å². The fourth-order valence-corrected chi connectivity index (χ4v) is 4.11. The molecule has 2 aromatic carbocycles. The van der Waals surface area contributed by atoms with Crippen LogP contribution in [0.4, 0.5) is 0 Å². The molecule has 0 spiro atoms. The second-order valence-electron chi connectivity index (χ2n) is 5.48. The van der Waals surface area contributed by atoms with Crippen molar-refractivity contribution in [3.05, 3.63) is 61.9 Å². The van der Waals surface area contributed by atoms with Crippen LogP contribution < -0.4 is 15.6 Å². The van der Waals surface area contributed by atoms with Crippen molar-refractivity contribution in [3.8, 4) is 5.75 Å². The summed E-state index contributed by atoms with van der Waals surface area (Å²) in [7, 11) is 1.57. The first-order valence-corrected chi connectivity index (χ1v) is 9.52. The molecule has 1 aromatic heterocycles. The Morgan fingerprint density at radius 2 is 1.85 bits per heavy atom. The van der Waals surface area contributed by atoms with Crippen LogP contribution in [0.1, 0.15) is 25.6 Å². The summed E-state index contributed by atoms with van der Waals surface area (Å²) in [5.74, 6) is -0.215. The van der Waals surface area contributed by atoms with Crippen molar-refractivity contribution >= 4 is 60.8 Å². The number of thiophene rings is 1. The molecule has 1 heterocycles. The highest BCUT2D eigenvalue weighted by Crippen LogP contribution is 2.37. The summed E-state index contributed by atoms with van der Waals surface area (Å²) in [5.41, 5.74) is 6.24. The van der Waals surface area contributed by atoms with Crippen LogP contribution in [0.15, 0.2) is 40.9 Å². The number of carbonyl (C=O) groups excluding carboxylic acids is 2. The highest BCUT2D eigenvalue weighted by atomic mass is 79.9. The van der Waals surface area contributed by atoms with Gasteiger partial charge in [0.05, 0.1) is 12.1 Å². The summed E-state index contributed by atoms with van der Waals surface area (Å²) in [5, 5.41) is 1.11. The molecule has 0 saturated heterocycles. The number of rotatable bonds is 3. The van der Waals surface area contributed by atoms with Crippen molar-refractivity contribution in [2.24, 2.45) is 0 Å². The Balaban J connectivity index is 1.75. The van der Waals surface area contributed by atoms with Gasteiger partial charge in [0, 0.05) is 20.1 Å². The van der Waals surface area contributed by atoms with E-state index in [1.54, 1.807) is 31.4 Å². The summed E-state index contributed by atoms with van der Waals surface area (Å²) in [6.45, 7) is 1.92. The van der Waals surface area contributed by atoms with Crippen molar-refractivity contribution in [2.75, 3.05) is 7.11 Å². The number of ether oxygens (including phenoxy) is 1. The average Bonchev–Trinajstić information content (AvgIpc) is 2.97. The quantitative estimate of drug-likeness (QED) is 0.564. The third kappa shape index (κ3) is 3.70. The minimum Gasteiger partial charge on any atom is -0.497 e. The van der Waals surface area contributed by atoms with Crippen LogP contribution >= 0.6 is 38.9 Å². The van der Waals surface area contributed by atoms with E-state index in [4.69, 9.17) is 16.3 Å². The van der Waals surface area contributed by atoms with Gasteiger partial charge in [0.1, 0.15) is 10.6 Å². The molecule has 2 amide bonds. The molecule has 0 aliphatic carbocycles. The molecule has 0 fully saturated rings. The van der Waals surface area contributed by atoms with E-state index >= 15 is 0 Å². The lowest BCUT2D eigenvalue weighted by Crippen LogP contribution is -2.41. The van der Waals surface area contributed by atoms with E-state index in [1.165, 1.54) is 11.3 Å². The Morgan fingerprint density at radius 1 is 1.12 bits per heavy atom. The molecule has 0 unspecified atom stereocenters. The van der Waals surface area contributed by atoms with Crippen molar-refractivity contribution in [1.29, 1.82) is 0 Å². The standard InChI is InChI=1S/C18H14BrClN2O3S/c1-9-3-4-10(7-13(9)19)17(23)21-22-18(24)16-15(20)12-6-5-11(25-2)8-14(12)26-16/h3-8H,1-2H3,(H,21,23)(H,22,24). The summed E-state index contributed by atoms with van der Waals surface area (Å²) < 4.78 is 6.82. The number of hydrogen-bond donors (Lipinski definition) is 2. The lowest BCUT2D eigenvalue weighted by atomic mass is 10.1. The largest absolute Gasteiger partial charge is 0.497 e. The summed E-state index contributed by atoms with van der Waals surface area (Å²) in [6, 6.07) is 10.6. The monoisotopic (exact) mass is 452 g/mol. The summed E-state index contributed by atoms with van der Waals surface area (Å²) in [6.07, 6.45) is 0. The molecule has 3 rings (SSSR count). The number of halogens is 2. The first kappa shape index (κ1) is 18.7. The van der Waals surface area contributed by atoms with Crippen LogP contribution in [0.3, 0.4) is 0 Å². The summed E-state index contributed by atoms with van der Waals surface area (Å²) >= 11 is 10.9. The maximum atomic E-state index is 12.4. The molecule has 2 N–H and O–H groups in total. The Hall–Kier alpha value is -2.09. The van der Waals surface area contributed by atoms with Crippen molar-refractivity contribution in [3.63, 3.8) is 0 Å². The maximum Gasteiger partial charge on any atom is 0.281 e. The average molecular weight is 454 g/mol. The molecular weight excluding hydrogens is 440 g/mol. The first-order valence-electron chi connectivity index (χ1n) is 7.53. The van der Waals surface area contributed by atoms with Gasteiger partial charge in [0.2, 0.25) is 0 Å². The fraction of sp³-hybridized carbons (Fsp3) is 0.111. The second-order valence-corrected chi connectivity index (χ2v) is 7.76. The van der Waals surface area contributed by atoms with Crippen molar-refractivity contribution in [1.82, 2.24) is 10.9 Å². The molecule has 0 aliphatic heterocycles. The van der Waals surface area contributed by atoms with Crippen LogP contribution in [0.2, 0.25) is 5.02 Å². The zero-order valence-corrected chi connectivity index (χ0v) is 17.0. The second kappa shape index (κ2) is 7.65. The van der Waals surface area contributed by atoms with Gasteiger partial charge in [-0.15, -0.1) is 11.3 Å². The SMILES string of the molecule is COc1ccc2c(Cl)c(C(=O)NNC(=O)c3ccc(C)c(Br)c3)sc2c1. The molecule has 0 atom stereocenters. The Morgan fingerprint density at radius 3 is 2.54 bits per heavy atom. The molecular formula is C18H14BrClN2O3S. The third-order valence-corrected chi connectivity index (χ3v) is 6.28. The lowest BCUT2D eigenvalue weighted by Gasteiger charge is -2.07. The number of carbonyl (C=O) groups is 2. The highest BCUT2D eigenvalue weighted by molar-refractivity contribution is 9.10. The zero-order chi connectivity index (χ0) is 18.8. The molecule has 134 valence electrons. The third-order valence-electron chi connectivity index (χ3n) is 3.77. The Bertz CT molecular complexity index is 1020. The van der Waals surface area contributed by atoms with Crippen molar-refractivity contribution < 1.29 is 14.3 Å². The van der Waals surface area contributed by atoms with E-state index in [1.807, 2.05) is 19.1 Å². The topological polar surface area (TPSA) is 67.4 Å². The van der Waals surface area contributed by atoms with Gasteiger partial charge in [0.15, 0.2) is 0 Å². The summed E-state index contributed by atoms with van der Waals surface area (Å²) in [4.78, 5) is 24.9. The molecule has 3 aromatic rings. The van der Waals surface area contributed by atoms with Gasteiger partial charge in [-0.05, 0) is 42.8 Å². The number of nitrogens with one attached hydrogen (secondary N) is 2. The van der Waals surface area contributed by atoms with Gasteiger partial charge in [-0.3, -0.25) is 20.4 Å². The van der Waals surface area contributed by atoms with E-state index < -0.39 is 11.8 Å². The van der Waals surface area contributed by atoms with E-state index in [2.05, 4.69) is 26.8 Å². The number of fused-ring (bicyclic) bond motifs is 1. The lowest BCUT2D eigenvalue weighted by molar-refractivity contribution is 0.0849. The van der Waals surface area contributed by atoms with E-state index in [-0.39, 0.29) is 0 Å². The van der Waals surface area contributed by atoms with Gasteiger partial charge in [0.25, 0.3) is 11.8 Å². The van der Waals surface area contributed by atoms with Crippen LogP contribution in [0, 0.1) is 6.92 Å². The Kier molecular flexibility index (Phi) is 5.50.